The molecule has 2 aromatic heterocycles. The Kier molecular flexibility index (Phi) is 6.14. The van der Waals surface area contributed by atoms with Crippen LogP contribution < -0.4 is 5.32 Å². The zero-order valence-electron chi connectivity index (χ0n) is 16.8. The SMILES string of the molecule is C=CC(=N/C(=C\C)c1ccc(C)cc1)C(=O)Nc1cn(C)nc1-c1ccccn1. The molecule has 6 heteroatoms. The number of carbonyl (C=O) groups excluding carboxylic acids is 1. The minimum Gasteiger partial charge on any atom is -0.317 e. The maximum Gasteiger partial charge on any atom is 0.274 e. The molecule has 0 aliphatic heterocycles. The van der Waals surface area contributed by atoms with Gasteiger partial charge >= 0.3 is 0 Å². The van der Waals surface area contributed by atoms with Gasteiger partial charge in [0.25, 0.3) is 5.91 Å². The van der Waals surface area contributed by atoms with Gasteiger partial charge in [-0.05, 0) is 37.6 Å². The molecule has 2 heterocycles. The number of benzene rings is 1. The quantitative estimate of drug-likeness (QED) is 0.639. The van der Waals surface area contributed by atoms with Crippen LogP contribution in [-0.2, 0) is 11.8 Å². The number of pyridine rings is 1. The molecule has 0 bridgehead atoms. The second-order valence-electron chi connectivity index (χ2n) is 6.48. The highest BCUT2D eigenvalue weighted by Crippen LogP contribution is 2.24. The highest BCUT2D eigenvalue weighted by atomic mass is 16.1. The van der Waals surface area contributed by atoms with Gasteiger partial charge in [-0.25, -0.2) is 4.99 Å². The van der Waals surface area contributed by atoms with E-state index in [2.05, 4.69) is 27.0 Å². The molecule has 0 aliphatic rings. The number of nitrogens with zero attached hydrogens (tertiary/aromatic N) is 4. The van der Waals surface area contributed by atoms with Crippen molar-refractivity contribution in [2.24, 2.45) is 12.0 Å². The molecule has 0 fully saturated rings. The molecule has 0 atom stereocenters. The van der Waals surface area contributed by atoms with E-state index < -0.39 is 0 Å². The van der Waals surface area contributed by atoms with Crippen molar-refractivity contribution in [1.82, 2.24) is 14.8 Å². The summed E-state index contributed by atoms with van der Waals surface area (Å²) in [5, 5.41) is 7.29. The van der Waals surface area contributed by atoms with Gasteiger partial charge in [0.05, 0.1) is 17.1 Å². The highest BCUT2D eigenvalue weighted by molar-refractivity contribution is 6.47. The predicted octanol–water partition coefficient (Wildman–Crippen LogP) is 4.42. The van der Waals surface area contributed by atoms with Crippen molar-refractivity contribution in [2.45, 2.75) is 13.8 Å². The summed E-state index contributed by atoms with van der Waals surface area (Å²) in [6.07, 6.45) is 6.74. The summed E-state index contributed by atoms with van der Waals surface area (Å²) in [6, 6.07) is 13.5. The number of anilines is 1. The molecule has 0 unspecified atom stereocenters. The smallest absolute Gasteiger partial charge is 0.274 e. The Labute approximate surface area is 170 Å². The first kappa shape index (κ1) is 19.9. The van der Waals surface area contributed by atoms with Crippen LogP contribution in [0.3, 0.4) is 0 Å². The highest BCUT2D eigenvalue weighted by Gasteiger charge is 2.16. The van der Waals surface area contributed by atoms with E-state index >= 15 is 0 Å². The van der Waals surface area contributed by atoms with Crippen LogP contribution in [-0.4, -0.2) is 26.4 Å². The first-order valence-corrected chi connectivity index (χ1v) is 9.22. The molecule has 0 saturated carbocycles. The maximum atomic E-state index is 12.9. The second kappa shape index (κ2) is 8.93. The van der Waals surface area contributed by atoms with Crippen molar-refractivity contribution in [1.29, 1.82) is 0 Å². The van der Waals surface area contributed by atoms with Gasteiger partial charge in [-0.3, -0.25) is 14.5 Å². The number of hydrogen-bond acceptors (Lipinski definition) is 4. The van der Waals surface area contributed by atoms with E-state index in [1.54, 1.807) is 24.1 Å². The Morgan fingerprint density at radius 2 is 1.97 bits per heavy atom. The molecule has 0 saturated heterocycles. The van der Waals surface area contributed by atoms with Gasteiger partial charge in [0, 0.05) is 19.4 Å². The summed E-state index contributed by atoms with van der Waals surface area (Å²) in [4.78, 5) is 21.7. The molecule has 1 N–H and O–H groups in total. The molecule has 0 radical (unpaired) electrons. The molecule has 29 heavy (non-hydrogen) atoms. The van der Waals surface area contributed by atoms with Gasteiger partial charge < -0.3 is 5.32 Å². The minimum absolute atomic E-state index is 0.217. The third-order valence-corrected chi connectivity index (χ3v) is 4.27. The van der Waals surface area contributed by atoms with E-state index in [4.69, 9.17) is 0 Å². The topological polar surface area (TPSA) is 72.2 Å². The Bertz CT molecular complexity index is 1080. The maximum absolute atomic E-state index is 12.9. The normalized spacial score (nSPS) is 12.0. The van der Waals surface area contributed by atoms with Gasteiger partial charge in [0.2, 0.25) is 0 Å². The molecule has 3 aromatic rings. The van der Waals surface area contributed by atoms with Crippen LogP contribution in [0.2, 0.25) is 0 Å². The average Bonchev–Trinajstić information content (AvgIpc) is 3.10. The summed E-state index contributed by atoms with van der Waals surface area (Å²) in [5.41, 5.74) is 4.84. The number of aliphatic imine (C=N–C) groups is 1. The number of amides is 1. The Morgan fingerprint density at radius 1 is 1.21 bits per heavy atom. The zero-order chi connectivity index (χ0) is 20.8. The molecular formula is C23H23N5O. The number of carbonyl (C=O) groups is 1. The molecule has 1 aromatic carbocycles. The largest absolute Gasteiger partial charge is 0.317 e. The summed E-state index contributed by atoms with van der Waals surface area (Å²) >= 11 is 0. The number of allylic oxidation sites excluding steroid dienone is 1. The minimum atomic E-state index is -0.364. The van der Waals surface area contributed by atoms with Gasteiger partial charge in [0.1, 0.15) is 11.4 Å². The van der Waals surface area contributed by atoms with Gasteiger partial charge in [0.15, 0.2) is 0 Å². The first-order chi connectivity index (χ1) is 14.0. The number of hydrogen-bond donors (Lipinski definition) is 1. The van der Waals surface area contributed by atoms with Crippen LogP contribution in [0, 0.1) is 6.92 Å². The standard InChI is InChI=1S/C23H23N5O/c1-5-18(17-12-10-16(3)11-13-17)25-19(6-2)23(29)26-21-15-28(4)27-22(21)20-9-7-8-14-24-20/h5-15H,2H2,1,3-4H3,(H,26,29)/b18-5-,25-19?. The van der Waals surface area contributed by atoms with Crippen LogP contribution in [0.4, 0.5) is 5.69 Å². The lowest BCUT2D eigenvalue weighted by atomic mass is 10.1. The fourth-order valence-electron chi connectivity index (χ4n) is 2.80. The van der Waals surface area contributed by atoms with E-state index in [1.807, 2.05) is 62.4 Å². The molecule has 0 aliphatic carbocycles. The summed E-state index contributed by atoms with van der Waals surface area (Å²) < 4.78 is 1.63. The third kappa shape index (κ3) is 4.73. The van der Waals surface area contributed by atoms with E-state index in [9.17, 15) is 4.79 Å². The van der Waals surface area contributed by atoms with Gasteiger partial charge in [-0.2, -0.15) is 5.10 Å². The number of aryl methyl sites for hydroxylation is 2. The monoisotopic (exact) mass is 385 g/mol. The van der Waals surface area contributed by atoms with E-state index in [-0.39, 0.29) is 11.6 Å². The van der Waals surface area contributed by atoms with Crippen molar-refractivity contribution in [3.8, 4) is 11.4 Å². The van der Waals surface area contributed by atoms with Crippen molar-refractivity contribution in [3.05, 3.63) is 84.7 Å². The third-order valence-electron chi connectivity index (χ3n) is 4.27. The van der Waals surface area contributed by atoms with Crippen molar-refractivity contribution in [3.63, 3.8) is 0 Å². The molecule has 146 valence electrons. The zero-order valence-corrected chi connectivity index (χ0v) is 16.8. The van der Waals surface area contributed by atoms with Crippen molar-refractivity contribution in [2.75, 3.05) is 5.32 Å². The van der Waals surface area contributed by atoms with E-state index in [1.165, 1.54) is 6.08 Å². The lowest BCUT2D eigenvalue weighted by Crippen LogP contribution is -2.21. The predicted molar refractivity (Wildman–Crippen MR) is 118 cm³/mol. The molecule has 0 spiro atoms. The fourth-order valence-corrected chi connectivity index (χ4v) is 2.80. The molecule has 3 rings (SSSR count). The van der Waals surface area contributed by atoms with E-state index in [0.717, 1.165) is 11.1 Å². The Morgan fingerprint density at radius 3 is 2.59 bits per heavy atom. The van der Waals surface area contributed by atoms with Gasteiger partial charge in [-0.1, -0.05) is 48.6 Å². The molecular weight excluding hydrogens is 362 g/mol. The summed E-state index contributed by atoms with van der Waals surface area (Å²) in [6.45, 7) is 7.67. The molecule has 6 nitrogen and oxygen atoms in total. The summed E-state index contributed by atoms with van der Waals surface area (Å²) in [5.74, 6) is -0.364. The number of aromatic nitrogens is 3. The second-order valence-corrected chi connectivity index (χ2v) is 6.48. The van der Waals surface area contributed by atoms with Crippen LogP contribution in [0.25, 0.3) is 17.1 Å². The number of rotatable bonds is 6. The Hall–Kier alpha value is -3.80. The van der Waals surface area contributed by atoms with Crippen LogP contribution in [0.1, 0.15) is 18.1 Å². The lowest BCUT2D eigenvalue weighted by Gasteiger charge is -2.07. The van der Waals surface area contributed by atoms with Crippen molar-refractivity contribution < 1.29 is 4.79 Å². The fraction of sp³-hybridized carbons (Fsp3) is 0.130. The lowest BCUT2D eigenvalue weighted by molar-refractivity contribution is -0.110. The molecule has 1 amide bonds. The van der Waals surface area contributed by atoms with Crippen LogP contribution >= 0.6 is 0 Å². The van der Waals surface area contributed by atoms with Crippen LogP contribution in [0.15, 0.2) is 78.6 Å². The summed E-state index contributed by atoms with van der Waals surface area (Å²) in [7, 11) is 1.79. The van der Waals surface area contributed by atoms with E-state index in [0.29, 0.717) is 22.8 Å². The van der Waals surface area contributed by atoms with Crippen LogP contribution in [0.5, 0.6) is 0 Å². The van der Waals surface area contributed by atoms with Gasteiger partial charge in [-0.15, -0.1) is 0 Å². The average molecular weight is 385 g/mol. The Balaban J connectivity index is 1.88. The first-order valence-electron chi connectivity index (χ1n) is 9.22. The van der Waals surface area contributed by atoms with Crippen molar-refractivity contribution >= 4 is 23.0 Å². The number of nitrogens with one attached hydrogen (secondary N) is 1.